The van der Waals surface area contributed by atoms with Crippen LogP contribution in [0.2, 0.25) is 0 Å². The maximum Gasteiger partial charge on any atom is 0.188 e. The number of rotatable bonds is 0. The van der Waals surface area contributed by atoms with E-state index in [-0.39, 0.29) is 11.4 Å². The Morgan fingerprint density at radius 2 is 1.71 bits per heavy atom. The molecule has 0 aromatic rings. The van der Waals surface area contributed by atoms with Crippen LogP contribution < -0.4 is 0 Å². The average Bonchev–Trinajstić information content (AvgIpc) is 2.71. The molecule has 0 bridgehead atoms. The summed E-state index contributed by atoms with van der Waals surface area (Å²) < 4.78 is 12.0. The normalized spacial score (nSPS) is 43.4. The molecule has 4 nitrogen and oxygen atoms in total. The third-order valence-electron chi connectivity index (χ3n) is 5.83. The standard InChI is InChI=1S/C13H19NO3/c1-2-12(3-1)11(4-5-11)10-13(15-8-9-16-13)6-7-14(10)17-12/h10H,1-9H2. The first-order valence-electron chi connectivity index (χ1n) is 7.04. The second kappa shape index (κ2) is 2.72. The van der Waals surface area contributed by atoms with Crippen molar-refractivity contribution in [2.45, 2.75) is 56.0 Å². The van der Waals surface area contributed by atoms with Crippen molar-refractivity contribution in [1.82, 2.24) is 5.06 Å². The Morgan fingerprint density at radius 3 is 2.29 bits per heavy atom. The highest BCUT2D eigenvalue weighted by Gasteiger charge is 2.79. The lowest BCUT2D eigenvalue weighted by Crippen LogP contribution is -2.53. The Kier molecular flexibility index (Phi) is 1.55. The van der Waals surface area contributed by atoms with Gasteiger partial charge in [0.25, 0.3) is 0 Å². The van der Waals surface area contributed by atoms with Gasteiger partial charge in [-0.25, -0.2) is 0 Å². The predicted molar refractivity (Wildman–Crippen MR) is 59.1 cm³/mol. The van der Waals surface area contributed by atoms with E-state index in [9.17, 15) is 0 Å². The molecule has 5 rings (SSSR count). The summed E-state index contributed by atoms with van der Waals surface area (Å²) in [4.78, 5) is 6.35. The third-order valence-corrected chi connectivity index (χ3v) is 5.83. The molecule has 94 valence electrons. The van der Waals surface area contributed by atoms with Crippen LogP contribution in [-0.4, -0.2) is 42.3 Å². The number of hydrogen-bond donors (Lipinski definition) is 0. The number of fused-ring (bicyclic) bond motifs is 4. The molecule has 2 saturated carbocycles. The van der Waals surface area contributed by atoms with Crippen molar-refractivity contribution in [3.8, 4) is 0 Å². The number of hydrogen-bond acceptors (Lipinski definition) is 4. The Balaban J connectivity index is 1.59. The average molecular weight is 237 g/mol. The van der Waals surface area contributed by atoms with E-state index in [1.54, 1.807) is 0 Å². The smallest absolute Gasteiger partial charge is 0.188 e. The molecule has 0 aromatic carbocycles. The zero-order chi connectivity index (χ0) is 11.1. The van der Waals surface area contributed by atoms with Gasteiger partial charge >= 0.3 is 0 Å². The molecule has 3 heterocycles. The van der Waals surface area contributed by atoms with E-state index in [4.69, 9.17) is 14.3 Å². The van der Waals surface area contributed by atoms with Crippen LogP contribution in [-0.2, 0) is 14.3 Å². The fourth-order valence-corrected chi connectivity index (χ4v) is 4.83. The van der Waals surface area contributed by atoms with Crippen LogP contribution in [0, 0.1) is 5.41 Å². The molecule has 5 aliphatic rings. The maximum absolute atomic E-state index is 6.35. The predicted octanol–water partition coefficient (Wildman–Crippen LogP) is 1.45. The summed E-state index contributed by atoms with van der Waals surface area (Å²) in [5, 5.41) is 2.22. The van der Waals surface area contributed by atoms with Crippen molar-refractivity contribution in [3.63, 3.8) is 0 Å². The first kappa shape index (κ1) is 9.73. The van der Waals surface area contributed by atoms with Crippen LogP contribution in [0.25, 0.3) is 0 Å². The fraction of sp³-hybridized carbons (Fsp3) is 1.00. The van der Waals surface area contributed by atoms with Gasteiger partial charge in [0.15, 0.2) is 5.79 Å². The number of nitrogens with zero attached hydrogens (tertiary/aromatic N) is 1. The molecule has 0 N–H and O–H groups in total. The van der Waals surface area contributed by atoms with Gasteiger partial charge in [0.2, 0.25) is 0 Å². The van der Waals surface area contributed by atoms with Crippen molar-refractivity contribution in [1.29, 1.82) is 0 Å². The summed E-state index contributed by atoms with van der Waals surface area (Å²) in [7, 11) is 0. The summed E-state index contributed by atoms with van der Waals surface area (Å²) in [5.41, 5.74) is 0.534. The first-order chi connectivity index (χ1) is 8.31. The summed E-state index contributed by atoms with van der Waals surface area (Å²) >= 11 is 0. The van der Waals surface area contributed by atoms with Crippen LogP contribution in [0.15, 0.2) is 0 Å². The van der Waals surface area contributed by atoms with Gasteiger partial charge in [-0.05, 0) is 32.1 Å². The molecule has 0 radical (unpaired) electrons. The van der Waals surface area contributed by atoms with Gasteiger partial charge < -0.3 is 9.47 Å². The molecule has 3 saturated heterocycles. The summed E-state index contributed by atoms with van der Waals surface area (Å²) in [6.07, 6.45) is 7.42. The molecule has 3 spiro atoms. The van der Waals surface area contributed by atoms with Crippen molar-refractivity contribution in [2.75, 3.05) is 19.8 Å². The molecule has 5 fully saturated rings. The van der Waals surface area contributed by atoms with Gasteiger partial charge in [-0.3, -0.25) is 4.84 Å². The Labute approximate surface area is 101 Å². The van der Waals surface area contributed by atoms with Crippen molar-refractivity contribution in [2.24, 2.45) is 5.41 Å². The molecule has 2 aliphatic carbocycles. The highest BCUT2D eigenvalue weighted by Crippen LogP contribution is 2.73. The lowest BCUT2D eigenvalue weighted by molar-refractivity contribution is -0.235. The van der Waals surface area contributed by atoms with E-state index in [0.29, 0.717) is 11.5 Å². The van der Waals surface area contributed by atoms with Crippen LogP contribution in [0.3, 0.4) is 0 Å². The van der Waals surface area contributed by atoms with Gasteiger partial charge in [-0.1, -0.05) is 0 Å². The van der Waals surface area contributed by atoms with Gasteiger partial charge in [-0.2, -0.15) is 5.06 Å². The molecular formula is C13H19NO3. The summed E-state index contributed by atoms with van der Waals surface area (Å²) in [5.74, 6) is -0.324. The molecule has 0 aromatic heterocycles. The highest BCUT2D eigenvalue weighted by atomic mass is 16.8. The largest absolute Gasteiger partial charge is 0.346 e. The van der Waals surface area contributed by atoms with Crippen molar-refractivity contribution < 1.29 is 14.3 Å². The maximum atomic E-state index is 6.35. The lowest BCUT2D eigenvalue weighted by atomic mass is 9.65. The van der Waals surface area contributed by atoms with E-state index >= 15 is 0 Å². The Hall–Kier alpha value is -0.160. The molecular weight excluding hydrogens is 218 g/mol. The quantitative estimate of drug-likeness (QED) is 0.638. The van der Waals surface area contributed by atoms with Crippen molar-refractivity contribution >= 4 is 0 Å². The molecule has 4 heteroatoms. The Morgan fingerprint density at radius 1 is 0.941 bits per heavy atom. The zero-order valence-corrected chi connectivity index (χ0v) is 10.1. The SMILES string of the molecule is C1CC2(C1)ON1CCC3(OCCO3)C1C21CC1. The number of ether oxygens (including phenoxy) is 2. The lowest BCUT2D eigenvalue weighted by Gasteiger charge is -2.44. The highest BCUT2D eigenvalue weighted by molar-refractivity contribution is 5.25. The van der Waals surface area contributed by atoms with Crippen molar-refractivity contribution in [3.05, 3.63) is 0 Å². The molecule has 1 atom stereocenters. The molecule has 17 heavy (non-hydrogen) atoms. The molecule has 0 amide bonds. The topological polar surface area (TPSA) is 30.9 Å². The van der Waals surface area contributed by atoms with Crippen LogP contribution in [0.4, 0.5) is 0 Å². The summed E-state index contributed by atoms with van der Waals surface area (Å²) in [6.45, 7) is 2.50. The molecule has 1 unspecified atom stereocenters. The van der Waals surface area contributed by atoms with E-state index < -0.39 is 0 Å². The van der Waals surface area contributed by atoms with E-state index in [1.165, 1.54) is 32.1 Å². The third kappa shape index (κ3) is 0.907. The Bertz CT molecular complexity index is 369. The van der Waals surface area contributed by atoms with Gasteiger partial charge in [0.1, 0.15) is 0 Å². The first-order valence-corrected chi connectivity index (χ1v) is 7.04. The minimum absolute atomic E-state index is 0.167. The summed E-state index contributed by atoms with van der Waals surface area (Å²) in [6, 6.07) is 0.373. The van der Waals surface area contributed by atoms with Gasteiger partial charge in [-0.15, -0.1) is 0 Å². The fourth-order valence-electron chi connectivity index (χ4n) is 4.83. The monoisotopic (exact) mass is 237 g/mol. The van der Waals surface area contributed by atoms with E-state index in [1.807, 2.05) is 0 Å². The van der Waals surface area contributed by atoms with E-state index in [2.05, 4.69) is 5.06 Å². The van der Waals surface area contributed by atoms with Gasteiger partial charge in [0.05, 0.1) is 24.9 Å². The van der Waals surface area contributed by atoms with E-state index in [0.717, 1.165) is 26.2 Å². The minimum Gasteiger partial charge on any atom is -0.346 e. The van der Waals surface area contributed by atoms with Gasteiger partial charge in [0, 0.05) is 18.4 Å². The van der Waals surface area contributed by atoms with Crippen LogP contribution in [0.1, 0.15) is 38.5 Å². The minimum atomic E-state index is -0.324. The number of hydroxylamine groups is 2. The second-order valence-corrected chi connectivity index (χ2v) is 6.40. The zero-order valence-electron chi connectivity index (χ0n) is 10.1. The van der Waals surface area contributed by atoms with Crippen LogP contribution >= 0.6 is 0 Å². The molecule has 3 aliphatic heterocycles. The van der Waals surface area contributed by atoms with Crippen LogP contribution in [0.5, 0.6) is 0 Å². The second-order valence-electron chi connectivity index (χ2n) is 6.40.